The zero-order valence-electron chi connectivity index (χ0n) is 15.6. The van der Waals surface area contributed by atoms with Gasteiger partial charge in [0.05, 0.1) is 19.1 Å². The van der Waals surface area contributed by atoms with Crippen molar-refractivity contribution in [2.45, 2.75) is 31.8 Å². The second-order valence-electron chi connectivity index (χ2n) is 6.38. The van der Waals surface area contributed by atoms with Crippen molar-refractivity contribution >= 4 is 23.2 Å². The zero-order valence-corrected chi connectivity index (χ0v) is 16.4. The lowest BCUT2D eigenvalue weighted by Crippen LogP contribution is -2.51. The highest BCUT2D eigenvalue weighted by molar-refractivity contribution is 7.12. The average molecular weight is 388 g/mol. The number of piperidine rings is 1. The molecular weight excluding hydrogens is 364 g/mol. The molecule has 0 saturated carbocycles. The molecule has 144 valence electrons. The SMILES string of the molecule is COc1ccc(CNC(=O)C2CCCCN2C(=O)c2cccs2)c(OC)c1. The molecule has 6 nitrogen and oxygen atoms in total. The van der Waals surface area contributed by atoms with Crippen LogP contribution in [0.5, 0.6) is 11.5 Å². The molecule has 1 aliphatic rings. The van der Waals surface area contributed by atoms with Gasteiger partial charge >= 0.3 is 0 Å². The lowest BCUT2D eigenvalue weighted by molar-refractivity contribution is -0.126. The van der Waals surface area contributed by atoms with E-state index in [-0.39, 0.29) is 11.8 Å². The third-order valence-corrected chi connectivity index (χ3v) is 5.60. The van der Waals surface area contributed by atoms with E-state index in [2.05, 4.69) is 5.32 Å². The van der Waals surface area contributed by atoms with Crippen molar-refractivity contribution in [2.75, 3.05) is 20.8 Å². The van der Waals surface area contributed by atoms with Crippen LogP contribution in [-0.2, 0) is 11.3 Å². The fourth-order valence-corrected chi connectivity index (χ4v) is 3.97. The van der Waals surface area contributed by atoms with Crippen molar-refractivity contribution in [3.05, 3.63) is 46.2 Å². The number of ether oxygens (including phenoxy) is 2. The Kier molecular flexibility index (Phi) is 6.34. The Labute approximate surface area is 163 Å². The summed E-state index contributed by atoms with van der Waals surface area (Å²) in [6.45, 7) is 0.949. The lowest BCUT2D eigenvalue weighted by Gasteiger charge is -2.34. The molecule has 1 atom stereocenters. The van der Waals surface area contributed by atoms with E-state index in [1.54, 1.807) is 31.3 Å². The molecule has 0 radical (unpaired) electrons. The van der Waals surface area contributed by atoms with Gasteiger partial charge in [-0.25, -0.2) is 0 Å². The van der Waals surface area contributed by atoms with Gasteiger partial charge in [0.25, 0.3) is 5.91 Å². The zero-order chi connectivity index (χ0) is 19.2. The number of hydrogen-bond acceptors (Lipinski definition) is 5. The van der Waals surface area contributed by atoms with Crippen LogP contribution >= 0.6 is 11.3 Å². The van der Waals surface area contributed by atoms with E-state index < -0.39 is 6.04 Å². The van der Waals surface area contributed by atoms with Crippen molar-refractivity contribution in [1.82, 2.24) is 10.2 Å². The molecule has 0 spiro atoms. The van der Waals surface area contributed by atoms with Crippen LogP contribution in [0.15, 0.2) is 35.7 Å². The topological polar surface area (TPSA) is 67.9 Å². The molecule has 1 aliphatic heterocycles. The number of carbonyl (C=O) groups excluding carboxylic acids is 2. The molecule has 1 saturated heterocycles. The second kappa shape index (κ2) is 8.90. The molecule has 27 heavy (non-hydrogen) atoms. The molecule has 1 aromatic heterocycles. The van der Waals surface area contributed by atoms with Crippen LogP contribution in [-0.4, -0.2) is 43.5 Å². The number of carbonyl (C=O) groups is 2. The van der Waals surface area contributed by atoms with Gasteiger partial charge < -0.3 is 19.7 Å². The van der Waals surface area contributed by atoms with Crippen molar-refractivity contribution in [2.24, 2.45) is 0 Å². The van der Waals surface area contributed by atoms with E-state index in [1.165, 1.54) is 11.3 Å². The summed E-state index contributed by atoms with van der Waals surface area (Å²) in [6, 6.07) is 8.71. The first-order valence-corrected chi connectivity index (χ1v) is 9.85. The van der Waals surface area contributed by atoms with E-state index in [4.69, 9.17) is 9.47 Å². The van der Waals surface area contributed by atoms with Gasteiger partial charge in [0.2, 0.25) is 5.91 Å². The van der Waals surface area contributed by atoms with E-state index in [1.807, 2.05) is 23.6 Å². The maximum Gasteiger partial charge on any atom is 0.264 e. The third kappa shape index (κ3) is 4.42. The number of nitrogens with one attached hydrogen (secondary N) is 1. The summed E-state index contributed by atoms with van der Waals surface area (Å²) in [7, 11) is 3.18. The Morgan fingerprint density at radius 3 is 2.78 bits per heavy atom. The summed E-state index contributed by atoms with van der Waals surface area (Å²) in [5, 5.41) is 4.84. The highest BCUT2D eigenvalue weighted by Gasteiger charge is 2.32. The van der Waals surface area contributed by atoms with E-state index in [0.717, 1.165) is 18.4 Å². The summed E-state index contributed by atoms with van der Waals surface area (Å²) < 4.78 is 10.6. The average Bonchev–Trinajstić information content (AvgIpc) is 3.26. The molecular formula is C20H24N2O4S. The summed E-state index contributed by atoms with van der Waals surface area (Å²) in [5.41, 5.74) is 0.860. The molecule has 1 N–H and O–H groups in total. The largest absolute Gasteiger partial charge is 0.497 e. The highest BCUT2D eigenvalue weighted by Crippen LogP contribution is 2.25. The fourth-order valence-electron chi connectivity index (χ4n) is 3.29. The fraction of sp³-hybridized carbons (Fsp3) is 0.400. The number of nitrogens with zero attached hydrogens (tertiary/aromatic N) is 1. The number of amides is 2. The number of benzene rings is 1. The minimum absolute atomic E-state index is 0.0631. The normalized spacial score (nSPS) is 16.7. The molecule has 7 heteroatoms. The van der Waals surface area contributed by atoms with Gasteiger partial charge in [-0.3, -0.25) is 9.59 Å². The van der Waals surface area contributed by atoms with E-state index in [0.29, 0.717) is 35.9 Å². The Morgan fingerprint density at radius 1 is 1.22 bits per heavy atom. The molecule has 0 aliphatic carbocycles. The quantitative estimate of drug-likeness (QED) is 0.826. The molecule has 2 aromatic rings. The highest BCUT2D eigenvalue weighted by atomic mass is 32.1. The summed E-state index contributed by atoms with van der Waals surface area (Å²) in [6.07, 6.45) is 2.55. The molecule has 1 aromatic carbocycles. The van der Waals surface area contributed by atoms with Crippen molar-refractivity contribution in [3.8, 4) is 11.5 Å². The van der Waals surface area contributed by atoms with Crippen LogP contribution in [0.1, 0.15) is 34.5 Å². The third-order valence-electron chi connectivity index (χ3n) is 4.75. The van der Waals surface area contributed by atoms with Crippen LogP contribution in [0.25, 0.3) is 0 Å². The summed E-state index contributed by atoms with van der Waals surface area (Å²) in [5.74, 6) is 1.16. The number of thiophene rings is 1. The van der Waals surface area contributed by atoms with Gasteiger partial charge in [0.15, 0.2) is 0 Å². The Morgan fingerprint density at radius 2 is 2.07 bits per heavy atom. The molecule has 3 rings (SSSR count). The van der Waals surface area contributed by atoms with Crippen molar-refractivity contribution < 1.29 is 19.1 Å². The smallest absolute Gasteiger partial charge is 0.264 e. The number of methoxy groups -OCH3 is 2. The maximum absolute atomic E-state index is 12.8. The van der Waals surface area contributed by atoms with Crippen LogP contribution < -0.4 is 14.8 Å². The first-order chi connectivity index (χ1) is 13.1. The van der Waals surface area contributed by atoms with E-state index >= 15 is 0 Å². The molecule has 1 unspecified atom stereocenters. The number of likely N-dealkylation sites (tertiary alicyclic amines) is 1. The standard InChI is InChI=1S/C20H24N2O4S/c1-25-15-9-8-14(17(12-15)26-2)13-21-19(23)16-6-3-4-10-22(16)20(24)18-7-5-11-27-18/h5,7-9,11-12,16H,3-4,6,10,13H2,1-2H3,(H,21,23). The molecule has 2 heterocycles. The maximum atomic E-state index is 12.8. The first-order valence-electron chi connectivity index (χ1n) is 8.97. The van der Waals surface area contributed by atoms with Crippen LogP contribution in [0.2, 0.25) is 0 Å². The minimum Gasteiger partial charge on any atom is -0.497 e. The van der Waals surface area contributed by atoms with Gasteiger partial charge in [-0.05, 0) is 42.8 Å². The minimum atomic E-state index is -0.433. The van der Waals surface area contributed by atoms with Gasteiger partial charge in [0, 0.05) is 24.7 Å². The summed E-state index contributed by atoms with van der Waals surface area (Å²) >= 11 is 1.41. The molecule has 2 amide bonds. The van der Waals surface area contributed by atoms with Crippen LogP contribution in [0.3, 0.4) is 0 Å². The predicted molar refractivity (Wildman–Crippen MR) is 104 cm³/mol. The van der Waals surface area contributed by atoms with Gasteiger partial charge in [-0.15, -0.1) is 11.3 Å². The second-order valence-corrected chi connectivity index (χ2v) is 7.33. The number of hydrogen-bond donors (Lipinski definition) is 1. The van der Waals surface area contributed by atoms with Gasteiger partial charge in [-0.2, -0.15) is 0 Å². The first kappa shape index (κ1) is 19.2. The van der Waals surface area contributed by atoms with Crippen LogP contribution in [0.4, 0.5) is 0 Å². The van der Waals surface area contributed by atoms with Crippen molar-refractivity contribution in [3.63, 3.8) is 0 Å². The summed E-state index contributed by atoms with van der Waals surface area (Å²) in [4.78, 5) is 27.9. The lowest BCUT2D eigenvalue weighted by atomic mass is 10.0. The van der Waals surface area contributed by atoms with Crippen molar-refractivity contribution in [1.29, 1.82) is 0 Å². The van der Waals surface area contributed by atoms with Crippen LogP contribution in [0, 0.1) is 0 Å². The number of rotatable bonds is 6. The predicted octanol–water partition coefficient (Wildman–Crippen LogP) is 3.08. The van der Waals surface area contributed by atoms with Gasteiger partial charge in [-0.1, -0.05) is 6.07 Å². The Balaban J connectivity index is 1.68. The Bertz CT molecular complexity index is 791. The van der Waals surface area contributed by atoms with E-state index in [9.17, 15) is 9.59 Å². The monoisotopic (exact) mass is 388 g/mol. The molecule has 0 bridgehead atoms. The Hall–Kier alpha value is -2.54. The molecule has 1 fully saturated rings. The van der Waals surface area contributed by atoms with Gasteiger partial charge in [0.1, 0.15) is 17.5 Å².